The summed E-state index contributed by atoms with van der Waals surface area (Å²) >= 11 is 0. The molecule has 8 aliphatic rings. The minimum atomic E-state index is -1.01. The highest BCUT2D eigenvalue weighted by Gasteiger charge is 2.84. The fourth-order valence-corrected chi connectivity index (χ4v) is 15.5. The Morgan fingerprint density at radius 3 is 2.29 bits per heavy atom. The van der Waals surface area contributed by atoms with Crippen LogP contribution in [-0.4, -0.2) is 114 Å². The van der Waals surface area contributed by atoms with Gasteiger partial charge in [-0.1, -0.05) is 55.4 Å². The first-order chi connectivity index (χ1) is 24.2. The van der Waals surface area contributed by atoms with Crippen molar-refractivity contribution in [2.45, 2.75) is 176 Å². The Morgan fingerprint density at radius 2 is 1.62 bits per heavy atom. The molecule has 8 rings (SSSR count). The Morgan fingerprint density at radius 1 is 0.923 bits per heavy atom. The summed E-state index contributed by atoms with van der Waals surface area (Å²) < 4.78 is 26.5. The zero-order chi connectivity index (χ0) is 37.4. The predicted octanol–water partition coefficient (Wildman–Crippen LogP) is 6.75. The van der Waals surface area contributed by atoms with Crippen LogP contribution in [0.2, 0.25) is 0 Å². The van der Waals surface area contributed by atoms with Gasteiger partial charge in [0.25, 0.3) is 0 Å². The zero-order valence-electron chi connectivity index (χ0n) is 34.9. The first-order valence-corrected chi connectivity index (χ1v) is 21.6. The molecule has 8 fully saturated rings. The number of rotatable bonds is 8. The Labute approximate surface area is 316 Å². The summed E-state index contributed by atoms with van der Waals surface area (Å²) in [6, 6.07) is 0.626. The van der Waals surface area contributed by atoms with Crippen LogP contribution in [0.5, 0.6) is 0 Å². The van der Waals surface area contributed by atoms with Gasteiger partial charge in [-0.2, -0.15) is 0 Å². The van der Waals surface area contributed by atoms with Crippen LogP contribution in [0.1, 0.15) is 128 Å². The maximum absolute atomic E-state index is 12.7. The second kappa shape index (κ2) is 12.6. The van der Waals surface area contributed by atoms with Gasteiger partial charge >= 0.3 is 0 Å². The van der Waals surface area contributed by atoms with Crippen molar-refractivity contribution in [2.75, 3.05) is 45.9 Å². The first-order valence-electron chi connectivity index (χ1n) is 21.6. The quantitative estimate of drug-likeness (QED) is 0.284. The van der Waals surface area contributed by atoms with Crippen LogP contribution >= 0.6 is 0 Å². The maximum Gasteiger partial charge on any atom is 0.170 e. The molecule has 5 saturated carbocycles. The number of morpholine rings is 1. The molecule has 5 unspecified atom stereocenters. The van der Waals surface area contributed by atoms with Gasteiger partial charge in [0.2, 0.25) is 0 Å². The normalized spacial score (nSPS) is 49.9. The van der Waals surface area contributed by atoms with Crippen LogP contribution < -0.4 is 0 Å². The lowest BCUT2D eigenvalue weighted by atomic mass is 9.41. The van der Waals surface area contributed by atoms with Gasteiger partial charge in [-0.25, -0.2) is 0 Å². The highest BCUT2D eigenvalue weighted by atomic mass is 16.7. The molecule has 0 aromatic rings. The van der Waals surface area contributed by atoms with Gasteiger partial charge in [-0.05, 0) is 123 Å². The number of nitrogens with zero attached hydrogens (tertiary/aromatic N) is 2. The molecule has 2 spiro atoms. The van der Waals surface area contributed by atoms with Crippen molar-refractivity contribution >= 4 is 0 Å². The van der Waals surface area contributed by atoms with Crippen LogP contribution in [0, 0.1) is 56.2 Å². The molecule has 0 aromatic carbocycles. The topological polar surface area (TPSA) is 83.9 Å². The molecule has 14 atom stereocenters. The van der Waals surface area contributed by atoms with Crippen molar-refractivity contribution in [3.05, 3.63) is 0 Å². The van der Waals surface area contributed by atoms with Crippen LogP contribution in [0.25, 0.3) is 0 Å². The summed E-state index contributed by atoms with van der Waals surface area (Å²) in [5, 5.41) is 23.8. The number of fused-ring (bicyclic) bond motifs is 4. The standard InChI is InChI=1S/C44H76N2O6/c1-12-49-37(40(8,9)48)29-21-27(2)34-35(51-29)36(47)42(11)31-14-13-30-39(6,7)32(15-16-43(30)25-44(31,43)18-17-41(34,42)10)52-33-24-46(19-20-50-33)28-22-45(23-28)26-38(3,4)5/h27-37,47-48H,12-26H2,1-11H3/t27-,29?,30+,31?,32+,33+,34+,35?,36+,37+,41-,42-,43?,44?/m1/s1. The predicted molar refractivity (Wildman–Crippen MR) is 204 cm³/mol. The lowest BCUT2D eigenvalue weighted by Crippen LogP contribution is -2.64. The molecule has 2 N–H and O–H groups in total. The van der Waals surface area contributed by atoms with E-state index in [1.165, 1.54) is 58.2 Å². The average Bonchev–Trinajstić information content (AvgIpc) is 3.66. The molecule has 298 valence electrons. The van der Waals surface area contributed by atoms with Crippen LogP contribution in [0.3, 0.4) is 0 Å². The molecule has 0 aromatic heterocycles. The van der Waals surface area contributed by atoms with Crippen LogP contribution in [-0.2, 0) is 18.9 Å². The summed E-state index contributed by atoms with van der Waals surface area (Å²) in [6.07, 6.45) is 8.14. The highest BCUT2D eigenvalue weighted by Crippen LogP contribution is 2.89. The maximum atomic E-state index is 12.7. The molecule has 3 saturated heterocycles. The fourth-order valence-electron chi connectivity index (χ4n) is 15.5. The van der Waals surface area contributed by atoms with E-state index in [4.69, 9.17) is 18.9 Å². The largest absolute Gasteiger partial charge is 0.390 e. The van der Waals surface area contributed by atoms with Crippen molar-refractivity contribution in [1.29, 1.82) is 0 Å². The molecule has 0 bridgehead atoms. The van der Waals surface area contributed by atoms with E-state index in [1.807, 2.05) is 20.8 Å². The minimum Gasteiger partial charge on any atom is -0.390 e. The fraction of sp³-hybridized carbons (Fsp3) is 1.00. The molecular formula is C44H76N2O6. The van der Waals surface area contributed by atoms with E-state index in [0.717, 1.165) is 32.5 Å². The highest BCUT2D eigenvalue weighted by molar-refractivity contribution is 5.33. The SMILES string of the molecule is CCO[C@@H](C1C[C@@H](C)[C@H]2C(O1)[C@H](O)[C@@]1(C)C3CC[C@H]4C(C)(C)[C@@H](O[C@H]5CN(C6CN(CC(C)(C)C)C6)CCO5)CCC45CC35CC[C@]21C)C(C)(C)O. The molecule has 8 nitrogen and oxygen atoms in total. The second-order valence-electron chi connectivity index (χ2n) is 22.4. The van der Waals surface area contributed by atoms with E-state index in [9.17, 15) is 10.2 Å². The van der Waals surface area contributed by atoms with Crippen molar-refractivity contribution in [3.63, 3.8) is 0 Å². The Bertz CT molecular complexity index is 1340. The molecule has 3 heterocycles. The third kappa shape index (κ3) is 5.55. The first kappa shape index (κ1) is 38.5. The molecular weight excluding hydrogens is 652 g/mol. The lowest BCUT2D eigenvalue weighted by Gasteiger charge is -2.64. The van der Waals surface area contributed by atoms with Crippen molar-refractivity contribution in [2.24, 2.45) is 56.2 Å². The van der Waals surface area contributed by atoms with Gasteiger partial charge in [-0.15, -0.1) is 0 Å². The third-order valence-electron chi connectivity index (χ3n) is 17.7. The van der Waals surface area contributed by atoms with Crippen molar-refractivity contribution < 1.29 is 29.2 Å². The van der Waals surface area contributed by atoms with Crippen molar-refractivity contribution in [1.82, 2.24) is 9.80 Å². The van der Waals surface area contributed by atoms with E-state index in [1.54, 1.807) is 0 Å². The molecule has 8 heteroatoms. The van der Waals surface area contributed by atoms with E-state index < -0.39 is 17.8 Å². The number of likely N-dealkylation sites (tertiary alicyclic amines) is 1. The van der Waals surface area contributed by atoms with Gasteiger partial charge in [0.1, 0.15) is 6.10 Å². The average molecular weight is 729 g/mol. The summed E-state index contributed by atoms with van der Waals surface area (Å²) in [5.41, 5.74) is -0.0945. The molecule has 3 aliphatic heterocycles. The smallest absolute Gasteiger partial charge is 0.170 e. The number of aliphatic hydroxyl groups is 2. The Balaban J connectivity index is 0.967. The van der Waals surface area contributed by atoms with E-state index >= 15 is 0 Å². The molecule has 0 amide bonds. The summed E-state index contributed by atoms with van der Waals surface area (Å²) in [4.78, 5) is 5.25. The second-order valence-corrected chi connectivity index (χ2v) is 22.4. The summed E-state index contributed by atoms with van der Waals surface area (Å²) in [7, 11) is 0. The number of hydrogen-bond acceptors (Lipinski definition) is 8. The van der Waals surface area contributed by atoms with Gasteiger partial charge in [-0.3, -0.25) is 9.80 Å². The van der Waals surface area contributed by atoms with E-state index in [-0.39, 0.29) is 40.8 Å². The minimum absolute atomic E-state index is 0.0219. The molecule has 52 heavy (non-hydrogen) atoms. The lowest BCUT2D eigenvalue weighted by molar-refractivity contribution is -0.253. The third-order valence-corrected chi connectivity index (χ3v) is 17.7. The number of aliphatic hydroxyl groups excluding tert-OH is 1. The Kier molecular flexibility index (Phi) is 9.33. The van der Waals surface area contributed by atoms with E-state index in [0.29, 0.717) is 52.6 Å². The summed E-state index contributed by atoms with van der Waals surface area (Å²) in [6.45, 7) is 31.8. The Hall–Kier alpha value is -0.320. The summed E-state index contributed by atoms with van der Waals surface area (Å²) in [5.74, 6) is 1.85. The number of ether oxygens (including phenoxy) is 4. The van der Waals surface area contributed by atoms with Gasteiger partial charge in [0.05, 0.1) is 36.6 Å². The van der Waals surface area contributed by atoms with Gasteiger partial charge in [0.15, 0.2) is 6.29 Å². The monoisotopic (exact) mass is 729 g/mol. The zero-order valence-corrected chi connectivity index (χ0v) is 34.9. The molecule has 0 radical (unpaired) electrons. The van der Waals surface area contributed by atoms with Crippen molar-refractivity contribution in [3.8, 4) is 0 Å². The van der Waals surface area contributed by atoms with Crippen LogP contribution in [0.15, 0.2) is 0 Å². The van der Waals surface area contributed by atoms with E-state index in [2.05, 4.69) is 65.2 Å². The van der Waals surface area contributed by atoms with Crippen LogP contribution in [0.4, 0.5) is 0 Å². The number of hydrogen-bond donors (Lipinski definition) is 2. The van der Waals surface area contributed by atoms with Gasteiger partial charge < -0.3 is 29.2 Å². The van der Waals surface area contributed by atoms with Gasteiger partial charge in [0, 0.05) is 50.8 Å². The molecule has 5 aliphatic carbocycles.